The molecular weight excluding hydrogens is 236 g/mol. The first-order valence-corrected chi connectivity index (χ1v) is 6.44. The van der Waals surface area contributed by atoms with E-state index in [9.17, 15) is 4.79 Å². The first-order valence-electron chi connectivity index (χ1n) is 6.44. The van der Waals surface area contributed by atoms with E-state index in [4.69, 9.17) is 4.74 Å². The molecule has 0 spiro atoms. The van der Waals surface area contributed by atoms with E-state index in [2.05, 4.69) is 12.1 Å². The molecule has 0 aliphatic carbocycles. The van der Waals surface area contributed by atoms with E-state index in [1.54, 1.807) is 7.11 Å². The number of ether oxygens (including phenoxy) is 1. The summed E-state index contributed by atoms with van der Waals surface area (Å²) in [5.41, 5.74) is 2.36. The first-order chi connectivity index (χ1) is 9.31. The number of carbonyl (C=O) groups is 1. The van der Waals surface area contributed by atoms with Crippen molar-refractivity contribution in [3.05, 3.63) is 65.7 Å². The van der Waals surface area contributed by atoms with Gasteiger partial charge in [-0.1, -0.05) is 42.5 Å². The second kappa shape index (κ2) is 6.74. The van der Waals surface area contributed by atoms with Crippen LogP contribution in [0.2, 0.25) is 0 Å². The Balaban J connectivity index is 2.00. The van der Waals surface area contributed by atoms with Gasteiger partial charge in [0, 0.05) is 5.92 Å². The van der Waals surface area contributed by atoms with Crippen molar-refractivity contribution in [2.45, 2.75) is 12.8 Å². The highest BCUT2D eigenvalue weighted by atomic mass is 16.5. The standard InChI is InChI=1S/C17H18O2/c1-19-17-9-7-15(8-10-17)12-16(13-18)11-14-5-3-2-4-6-14/h2-10,13,16H,11-12H2,1H3. The summed E-state index contributed by atoms with van der Waals surface area (Å²) >= 11 is 0. The summed E-state index contributed by atoms with van der Waals surface area (Å²) in [6.07, 6.45) is 2.61. The van der Waals surface area contributed by atoms with Crippen molar-refractivity contribution in [1.29, 1.82) is 0 Å². The smallest absolute Gasteiger partial charge is 0.123 e. The van der Waals surface area contributed by atoms with Crippen molar-refractivity contribution in [1.82, 2.24) is 0 Å². The van der Waals surface area contributed by atoms with Crippen molar-refractivity contribution >= 4 is 6.29 Å². The topological polar surface area (TPSA) is 26.3 Å². The fourth-order valence-corrected chi connectivity index (χ4v) is 2.15. The third-order valence-electron chi connectivity index (χ3n) is 3.19. The zero-order valence-corrected chi connectivity index (χ0v) is 11.1. The van der Waals surface area contributed by atoms with Crippen LogP contribution < -0.4 is 4.74 Å². The van der Waals surface area contributed by atoms with Crippen LogP contribution in [0.25, 0.3) is 0 Å². The normalized spacial score (nSPS) is 11.8. The Morgan fingerprint density at radius 1 is 0.947 bits per heavy atom. The summed E-state index contributed by atoms with van der Waals surface area (Å²) in [5, 5.41) is 0. The Hall–Kier alpha value is -2.09. The summed E-state index contributed by atoms with van der Waals surface area (Å²) in [7, 11) is 1.65. The molecule has 2 aromatic rings. The zero-order valence-electron chi connectivity index (χ0n) is 11.1. The van der Waals surface area contributed by atoms with Gasteiger partial charge in [0.15, 0.2) is 0 Å². The average Bonchev–Trinajstić information content (AvgIpc) is 2.48. The molecule has 2 nitrogen and oxygen atoms in total. The second-order valence-corrected chi connectivity index (χ2v) is 4.64. The lowest BCUT2D eigenvalue weighted by molar-refractivity contribution is -0.111. The fourth-order valence-electron chi connectivity index (χ4n) is 2.15. The summed E-state index contributed by atoms with van der Waals surface area (Å²) in [4.78, 5) is 11.2. The molecule has 0 aliphatic heterocycles. The third-order valence-corrected chi connectivity index (χ3v) is 3.19. The molecule has 0 saturated heterocycles. The van der Waals surface area contributed by atoms with Gasteiger partial charge in [0.25, 0.3) is 0 Å². The Labute approximate surface area is 114 Å². The Morgan fingerprint density at radius 3 is 2.05 bits per heavy atom. The summed E-state index contributed by atoms with van der Waals surface area (Å²) in [6, 6.07) is 18.0. The van der Waals surface area contributed by atoms with Crippen LogP contribution in [0, 0.1) is 5.92 Å². The number of benzene rings is 2. The second-order valence-electron chi connectivity index (χ2n) is 4.64. The van der Waals surface area contributed by atoms with Crippen LogP contribution in [-0.4, -0.2) is 13.4 Å². The molecule has 98 valence electrons. The summed E-state index contributed by atoms with van der Waals surface area (Å²) in [5.74, 6) is 0.866. The highest BCUT2D eigenvalue weighted by Gasteiger charge is 2.09. The molecule has 2 aromatic carbocycles. The van der Waals surface area contributed by atoms with Gasteiger partial charge in [-0.25, -0.2) is 0 Å². The van der Waals surface area contributed by atoms with Crippen LogP contribution in [0.3, 0.4) is 0 Å². The number of rotatable bonds is 6. The van der Waals surface area contributed by atoms with Crippen LogP contribution >= 0.6 is 0 Å². The van der Waals surface area contributed by atoms with Gasteiger partial charge in [-0.2, -0.15) is 0 Å². The van der Waals surface area contributed by atoms with E-state index in [-0.39, 0.29) is 5.92 Å². The summed E-state index contributed by atoms with van der Waals surface area (Å²) < 4.78 is 5.13. The fraction of sp³-hybridized carbons (Fsp3) is 0.235. The SMILES string of the molecule is COc1ccc(CC(C=O)Cc2ccccc2)cc1. The summed E-state index contributed by atoms with van der Waals surface area (Å²) in [6.45, 7) is 0. The van der Waals surface area contributed by atoms with E-state index < -0.39 is 0 Å². The van der Waals surface area contributed by atoms with E-state index >= 15 is 0 Å². The lowest BCUT2D eigenvalue weighted by atomic mass is 9.94. The van der Waals surface area contributed by atoms with Gasteiger partial charge in [0.2, 0.25) is 0 Å². The monoisotopic (exact) mass is 254 g/mol. The molecule has 1 atom stereocenters. The number of carbonyl (C=O) groups excluding carboxylic acids is 1. The molecule has 0 amide bonds. The molecule has 0 radical (unpaired) electrons. The molecule has 0 bridgehead atoms. The van der Waals surface area contributed by atoms with Crippen molar-refractivity contribution < 1.29 is 9.53 Å². The Morgan fingerprint density at radius 2 is 1.53 bits per heavy atom. The Bertz CT molecular complexity index is 503. The van der Waals surface area contributed by atoms with Gasteiger partial charge in [-0.05, 0) is 36.1 Å². The van der Waals surface area contributed by atoms with Crippen molar-refractivity contribution in [3.63, 3.8) is 0 Å². The zero-order chi connectivity index (χ0) is 13.5. The van der Waals surface area contributed by atoms with Crippen molar-refractivity contribution in [2.75, 3.05) is 7.11 Å². The molecule has 0 aliphatic rings. The molecule has 19 heavy (non-hydrogen) atoms. The van der Waals surface area contributed by atoms with E-state index in [0.717, 1.165) is 30.4 Å². The van der Waals surface area contributed by atoms with Crippen LogP contribution in [0.4, 0.5) is 0 Å². The molecule has 0 fully saturated rings. The maximum absolute atomic E-state index is 11.2. The van der Waals surface area contributed by atoms with E-state index in [1.165, 1.54) is 5.56 Å². The number of methoxy groups -OCH3 is 1. The molecule has 1 unspecified atom stereocenters. The lowest BCUT2D eigenvalue weighted by Gasteiger charge is -2.11. The highest BCUT2D eigenvalue weighted by molar-refractivity contribution is 5.55. The van der Waals surface area contributed by atoms with E-state index in [1.807, 2.05) is 42.5 Å². The first kappa shape index (κ1) is 13.3. The van der Waals surface area contributed by atoms with Crippen molar-refractivity contribution in [3.8, 4) is 5.75 Å². The van der Waals surface area contributed by atoms with Crippen molar-refractivity contribution in [2.24, 2.45) is 5.92 Å². The molecule has 0 N–H and O–H groups in total. The van der Waals surface area contributed by atoms with E-state index in [0.29, 0.717) is 0 Å². The molecule has 0 saturated carbocycles. The van der Waals surface area contributed by atoms with Gasteiger partial charge in [-0.3, -0.25) is 0 Å². The van der Waals surface area contributed by atoms with Gasteiger partial charge >= 0.3 is 0 Å². The minimum absolute atomic E-state index is 0.0239. The van der Waals surface area contributed by atoms with Crippen LogP contribution in [-0.2, 0) is 17.6 Å². The van der Waals surface area contributed by atoms with Crippen LogP contribution in [0.5, 0.6) is 5.75 Å². The van der Waals surface area contributed by atoms with Gasteiger partial charge < -0.3 is 9.53 Å². The lowest BCUT2D eigenvalue weighted by Crippen LogP contribution is -2.09. The maximum Gasteiger partial charge on any atom is 0.123 e. The average molecular weight is 254 g/mol. The number of hydrogen-bond acceptors (Lipinski definition) is 2. The quantitative estimate of drug-likeness (QED) is 0.739. The molecule has 2 rings (SSSR count). The third kappa shape index (κ3) is 3.95. The van der Waals surface area contributed by atoms with Crippen LogP contribution in [0.15, 0.2) is 54.6 Å². The van der Waals surface area contributed by atoms with Crippen LogP contribution in [0.1, 0.15) is 11.1 Å². The number of aldehydes is 1. The minimum atomic E-state index is 0.0239. The molecule has 0 heterocycles. The number of hydrogen-bond donors (Lipinski definition) is 0. The highest BCUT2D eigenvalue weighted by Crippen LogP contribution is 2.16. The minimum Gasteiger partial charge on any atom is -0.497 e. The molecule has 2 heteroatoms. The predicted molar refractivity (Wildman–Crippen MR) is 76.4 cm³/mol. The van der Waals surface area contributed by atoms with Gasteiger partial charge in [-0.15, -0.1) is 0 Å². The molecular formula is C17H18O2. The maximum atomic E-state index is 11.2. The predicted octanol–water partition coefficient (Wildman–Crippen LogP) is 3.30. The largest absolute Gasteiger partial charge is 0.497 e. The van der Waals surface area contributed by atoms with Gasteiger partial charge in [0.1, 0.15) is 12.0 Å². The van der Waals surface area contributed by atoms with Gasteiger partial charge in [0.05, 0.1) is 7.11 Å². The molecule has 0 aromatic heterocycles. The Kier molecular flexibility index (Phi) is 4.73.